The minimum Gasteiger partial charge on any atom is -0.451 e. The van der Waals surface area contributed by atoms with E-state index in [1.807, 2.05) is 42.5 Å². The number of esters is 1. The molecule has 0 fully saturated rings. The number of carbonyl (C=O) groups excluding carboxylic acids is 2. The van der Waals surface area contributed by atoms with Crippen molar-refractivity contribution >= 4 is 44.4 Å². The van der Waals surface area contributed by atoms with Gasteiger partial charge in [-0.3, -0.25) is 4.79 Å². The molecule has 1 amide bonds. The zero-order valence-electron chi connectivity index (χ0n) is 13.3. The first-order valence-corrected chi connectivity index (χ1v) is 8.75. The van der Waals surface area contributed by atoms with Crippen LogP contribution in [0.2, 0.25) is 0 Å². The van der Waals surface area contributed by atoms with Crippen LogP contribution in [-0.4, -0.2) is 30.0 Å². The van der Waals surface area contributed by atoms with Crippen molar-refractivity contribution in [3.8, 4) is 0 Å². The summed E-state index contributed by atoms with van der Waals surface area (Å²) in [6.45, 7) is 0.350. The molecular formula is C19H15BrN2O3. The number of benzene rings is 2. The van der Waals surface area contributed by atoms with Gasteiger partial charge in [0.1, 0.15) is 5.69 Å². The van der Waals surface area contributed by atoms with E-state index in [4.69, 9.17) is 4.74 Å². The Balaban J connectivity index is 1.44. The fraction of sp³-hybridized carbons (Fsp3) is 0.158. The van der Waals surface area contributed by atoms with Gasteiger partial charge in [-0.15, -0.1) is 0 Å². The van der Waals surface area contributed by atoms with Crippen molar-refractivity contribution in [2.75, 3.05) is 18.1 Å². The molecule has 3 aromatic rings. The number of amides is 1. The molecule has 0 bridgehead atoms. The van der Waals surface area contributed by atoms with Crippen molar-refractivity contribution < 1.29 is 14.3 Å². The third kappa shape index (κ3) is 3.05. The van der Waals surface area contributed by atoms with Crippen LogP contribution in [0.3, 0.4) is 0 Å². The summed E-state index contributed by atoms with van der Waals surface area (Å²) >= 11 is 3.40. The maximum absolute atomic E-state index is 12.4. The van der Waals surface area contributed by atoms with Crippen LogP contribution >= 0.6 is 15.9 Å². The van der Waals surface area contributed by atoms with E-state index in [1.54, 1.807) is 11.0 Å². The van der Waals surface area contributed by atoms with E-state index in [0.717, 1.165) is 33.0 Å². The lowest BCUT2D eigenvalue weighted by molar-refractivity contribution is -0.121. The summed E-state index contributed by atoms with van der Waals surface area (Å²) in [5.74, 6) is -0.745. The fourth-order valence-corrected chi connectivity index (χ4v) is 3.47. The summed E-state index contributed by atoms with van der Waals surface area (Å²) in [5.41, 5.74) is 3.22. The van der Waals surface area contributed by atoms with Gasteiger partial charge in [0.15, 0.2) is 6.61 Å². The number of hydrogen-bond acceptors (Lipinski definition) is 3. The number of anilines is 1. The van der Waals surface area contributed by atoms with Gasteiger partial charge in [-0.05, 0) is 42.3 Å². The van der Waals surface area contributed by atoms with Crippen LogP contribution in [0.1, 0.15) is 16.1 Å². The van der Waals surface area contributed by atoms with Crippen molar-refractivity contribution in [3.63, 3.8) is 0 Å². The summed E-state index contributed by atoms with van der Waals surface area (Å²) in [6.07, 6.45) is 0.826. The summed E-state index contributed by atoms with van der Waals surface area (Å²) < 4.78 is 6.14. The van der Waals surface area contributed by atoms with E-state index >= 15 is 0 Å². The summed E-state index contributed by atoms with van der Waals surface area (Å²) in [4.78, 5) is 29.3. The number of rotatable bonds is 3. The zero-order valence-corrected chi connectivity index (χ0v) is 14.9. The van der Waals surface area contributed by atoms with Gasteiger partial charge in [0, 0.05) is 27.6 Å². The number of H-pyrrole nitrogens is 1. The molecule has 126 valence electrons. The van der Waals surface area contributed by atoms with Crippen LogP contribution in [0.15, 0.2) is 53.0 Å². The molecule has 0 saturated carbocycles. The smallest absolute Gasteiger partial charge is 0.355 e. The Hall–Kier alpha value is -2.60. The third-order valence-electron chi connectivity index (χ3n) is 4.32. The monoisotopic (exact) mass is 398 g/mol. The Morgan fingerprint density at radius 2 is 2.00 bits per heavy atom. The van der Waals surface area contributed by atoms with E-state index in [9.17, 15) is 9.59 Å². The number of aromatic amines is 1. The topological polar surface area (TPSA) is 62.4 Å². The highest BCUT2D eigenvalue weighted by atomic mass is 79.9. The van der Waals surface area contributed by atoms with Crippen LogP contribution in [-0.2, 0) is 16.0 Å². The predicted octanol–water partition coefficient (Wildman–Crippen LogP) is 3.68. The number of ether oxygens (including phenoxy) is 1. The number of para-hydroxylation sites is 1. The van der Waals surface area contributed by atoms with Gasteiger partial charge in [0.2, 0.25) is 0 Å². The van der Waals surface area contributed by atoms with Crippen LogP contribution in [0.25, 0.3) is 10.9 Å². The Bertz CT molecular complexity index is 980. The normalized spacial score (nSPS) is 13.1. The number of nitrogens with zero attached hydrogens (tertiary/aromatic N) is 1. The standard InChI is InChI=1S/C19H15BrN2O3/c20-14-5-6-15-13(9-14)10-16(21-15)19(24)25-11-18(23)22-8-7-12-3-1-2-4-17(12)22/h1-6,9-10,21H,7-8,11H2. The fourth-order valence-electron chi connectivity index (χ4n) is 3.09. The van der Waals surface area contributed by atoms with Crippen molar-refractivity contribution in [3.05, 3.63) is 64.3 Å². The molecule has 1 aliphatic heterocycles. The molecule has 1 aliphatic rings. The van der Waals surface area contributed by atoms with Crippen LogP contribution in [0, 0.1) is 0 Å². The number of halogens is 1. The largest absolute Gasteiger partial charge is 0.451 e. The second-order valence-electron chi connectivity index (χ2n) is 5.91. The number of fused-ring (bicyclic) bond motifs is 2. The lowest BCUT2D eigenvalue weighted by Gasteiger charge is -2.16. The van der Waals surface area contributed by atoms with E-state index in [-0.39, 0.29) is 12.5 Å². The molecule has 4 rings (SSSR count). The number of hydrogen-bond donors (Lipinski definition) is 1. The Morgan fingerprint density at radius 3 is 2.88 bits per heavy atom. The maximum Gasteiger partial charge on any atom is 0.355 e. The molecule has 1 aromatic heterocycles. The Morgan fingerprint density at radius 1 is 1.16 bits per heavy atom. The lowest BCUT2D eigenvalue weighted by atomic mass is 10.2. The van der Waals surface area contributed by atoms with Gasteiger partial charge in [-0.2, -0.15) is 0 Å². The molecule has 0 radical (unpaired) electrons. The molecule has 0 saturated heterocycles. The van der Waals surface area contributed by atoms with Crippen LogP contribution < -0.4 is 4.90 Å². The van der Waals surface area contributed by atoms with E-state index in [1.165, 1.54) is 0 Å². The Labute approximate surface area is 152 Å². The second kappa shape index (κ2) is 6.37. The van der Waals surface area contributed by atoms with Crippen molar-refractivity contribution in [2.24, 2.45) is 0 Å². The first-order chi connectivity index (χ1) is 12.1. The molecule has 2 aromatic carbocycles. The lowest BCUT2D eigenvalue weighted by Crippen LogP contribution is -2.33. The molecule has 6 heteroatoms. The molecule has 0 atom stereocenters. The van der Waals surface area contributed by atoms with Crippen molar-refractivity contribution in [1.82, 2.24) is 4.98 Å². The number of nitrogens with one attached hydrogen (secondary N) is 1. The van der Waals surface area contributed by atoms with Crippen LogP contribution in [0.4, 0.5) is 5.69 Å². The van der Waals surface area contributed by atoms with Crippen molar-refractivity contribution in [2.45, 2.75) is 6.42 Å². The predicted molar refractivity (Wildman–Crippen MR) is 98.8 cm³/mol. The van der Waals surface area contributed by atoms with Gasteiger partial charge in [-0.1, -0.05) is 34.1 Å². The molecular weight excluding hydrogens is 384 g/mol. The van der Waals surface area contributed by atoms with Crippen LogP contribution in [0.5, 0.6) is 0 Å². The summed E-state index contributed by atoms with van der Waals surface area (Å²) in [6, 6.07) is 15.2. The second-order valence-corrected chi connectivity index (χ2v) is 6.83. The van der Waals surface area contributed by atoms with E-state index in [2.05, 4.69) is 20.9 Å². The Kier molecular flexibility index (Phi) is 4.05. The highest BCUT2D eigenvalue weighted by Gasteiger charge is 2.25. The first-order valence-electron chi connectivity index (χ1n) is 7.95. The molecule has 1 N–H and O–H groups in total. The third-order valence-corrected chi connectivity index (χ3v) is 4.81. The number of carbonyl (C=O) groups is 2. The highest BCUT2D eigenvalue weighted by molar-refractivity contribution is 9.10. The van der Waals surface area contributed by atoms with E-state index in [0.29, 0.717) is 12.2 Å². The molecule has 25 heavy (non-hydrogen) atoms. The average molecular weight is 399 g/mol. The van der Waals surface area contributed by atoms with Gasteiger partial charge in [0.25, 0.3) is 5.91 Å². The molecule has 0 aliphatic carbocycles. The van der Waals surface area contributed by atoms with Gasteiger partial charge >= 0.3 is 5.97 Å². The maximum atomic E-state index is 12.4. The van der Waals surface area contributed by atoms with E-state index < -0.39 is 5.97 Å². The highest BCUT2D eigenvalue weighted by Crippen LogP contribution is 2.27. The molecule has 0 spiro atoms. The summed E-state index contributed by atoms with van der Waals surface area (Å²) in [5, 5.41) is 0.904. The minimum atomic E-state index is -0.534. The minimum absolute atomic E-state index is 0.211. The van der Waals surface area contributed by atoms with Gasteiger partial charge in [0.05, 0.1) is 0 Å². The SMILES string of the molecule is O=C(OCC(=O)N1CCc2ccccc21)c1cc2cc(Br)ccc2[nH]1. The quantitative estimate of drug-likeness (QED) is 0.684. The average Bonchev–Trinajstić information content (AvgIpc) is 3.23. The summed E-state index contributed by atoms with van der Waals surface area (Å²) in [7, 11) is 0. The molecule has 0 unspecified atom stereocenters. The van der Waals surface area contributed by atoms with Gasteiger partial charge < -0.3 is 14.6 Å². The zero-order chi connectivity index (χ0) is 17.4. The number of aromatic nitrogens is 1. The van der Waals surface area contributed by atoms with Gasteiger partial charge in [-0.25, -0.2) is 4.79 Å². The molecule has 2 heterocycles. The molecule has 5 nitrogen and oxygen atoms in total. The first kappa shape index (κ1) is 15.9. The van der Waals surface area contributed by atoms with Crippen molar-refractivity contribution in [1.29, 1.82) is 0 Å².